The zero-order chi connectivity index (χ0) is 22.7. The fourth-order valence-corrected chi connectivity index (χ4v) is 4.98. The Morgan fingerprint density at radius 3 is 2.53 bits per heavy atom. The smallest absolute Gasteiger partial charge is 0.263 e. The van der Waals surface area contributed by atoms with Crippen LogP contribution in [0.1, 0.15) is 27.3 Å². The molecule has 2 aromatic carbocycles. The van der Waals surface area contributed by atoms with Crippen molar-refractivity contribution in [1.29, 1.82) is 0 Å². The third kappa shape index (κ3) is 5.04. The van der Waals surface area contributed by atoms with E-state index >= 15 is 0 Å². The van der Waals surface area contributed by atoms with E-state index in [4.69, 9.17) is 0 Å². The molecule has 0 aliphatic carbocycles. The van der Waals surface area contributed by atoms with Crippen LogP contribution in [-0.4, -0.2) is 29.1 Å². The topological polar surface area (TPSA) is 106 Å². The van der Waals surface area contributed by atoms with Crippen LogP contribution in [0.3, 0.4) is 0 Å². The normalized spacial score (nSPS) is 11.3. The number of aryl methyl sites for hydroxylation is 2. The molecule has 0 saturated heterocycles. The third-order valence-corrected chi connectivity index (χ3v) is 6.87. The highest BCUT2D eigenvalue weighted by molar-refractivity contribution is 7.93. The summed E-state index contributed by atoms with van der Waals surface area (Å²) < 4.78 is 29.2. The quantitative estimate of drug-likeness (QED) is 0.426. The van der Waals surface area contributed by atoms with Gasteiger partial charge < -0.3 is 5.32 Å². The summed E-state index contributed by atoms with van der Waals surface area (Å²) in [6.07, 6.45) is 1.52. The first-order valence-electron chi connectivity index (χ1n) is 9.74. The molecule has 0 atom stereocenters. The Bertz CT molecular complexity index is 1340. The van der Waals surface area contributed by atoms with Crippen molar-refractivity contribution in [3.05, 3.63) is 88.7 Å². The number of aromatic nitrogens is 3. The Kier molecular flexibility index (Phi) is 6.06. The molecule has 0 fully saturated rings. The Labute approximate surface area is 190 Å². The van der Waals surface area contributed by atoms with Gasteiger partial charge in [-0.15, -0.1) is 11.3 Å². The first-order valence-corrected chi connectivity index (χ1v) is 12.1. The van der Waals surface area contributed by atoms with E-state index in [1.165, 1.54) is 29.7 Å². The van der Waals surface area contributed by atoms with Crippen molar-refractivity contribution < 1.29 is 13.2 Å². The molecule has 2 aromatic heterocycles. The number of anilines is 2. The lowest BCUT2D eigenvalue weighted by Crippen LogP contribution is -2.14. The van der Waals surface area contributed by atoms with E-state index in [1.54, 1.807) is 23.6 Å². The second-order valence-electron chi connectivity index (χ2n) is 7.21. The van der Waals surface area contributed by atoms with Gasteiger partial charge >= 0.3 is 0 Å². The average molecular weight is 468 g/mol. The van der Waals surface area contributed by atoms with E-state index in [0.29, 0.717) is 22.9 Å². The van der Waals surface area contributed by atoms with E-state index in [1.807, 2.05) is 42.8 Å². The molecule has 4 rings (SSSR count). The Morgan fingerprint density at radius 2 is 1.88 bits per heavy atom. The maximum Gasteiger partial charge on any atom is 0.263 e. The molecular formula is C22H21N5O3S2. The van der Waals surface area contributed by atoms with Gasteiger partial charge in [-0.1, -0.05) is 12.1 Å². The number of benzene rings is 2. The number of hydrogen-bond acceptors (Lipinski definition) is 6. The molecule has 0 radical (unpaired) electrons. The largest absolute Gasteiger partial charge is 0.322 e. The molecule has 1 amide bonds. The zero-order valence-corrected chi connectivity index (χ0v) is 19.1. The number of thiazole rings is 1. The fraction of sp³-hybridized carbons (Fsp3) is 0.136. The van der Waals surface area contributed by atoms with Crippen LogP contribution in [-0.2, 0) is 16.6 Å². The second-order valence-corrected chi connectivity index (χ2v) is 9.78. The molecule has 10 heteroatoms. The summed E-state index contributed by atoms with van der Waals surface area (Å²) in [7, 11) is -3.74. The minimum absolute atomic E-state index is 0.0811. The number of amides is 1. The number of carbonyl (C=O) groups is 1. The molecule has 164 valence electrons. The van der Waals surface area contributed by atoms with Gasteiger partial charge in [0.1, 0.15) is 0 Å². The van der Waals surface area contributed by atoms with Crippen molar-refractivity contribution >= 4 is 38.1 Å². The predicted molar refractivity (Wildman–Crippen MR) is 125 cm³/mol. The lowest BCUT2D eigenvalue weighted by Gasteiger charge is -2.09. The molecular weight excluding hydrogens is 446 g/mol. The van der Waals surface area contributed by atoms with Crippen LogP contribution in [0, 0.1) is 13.8 Å². The molecule has 4 aromatic rings. The molecule has 0 bridgehead atoms. The van der Waals surface area contributed by atoms with Crippen LogP contribution >= 0.6 is 11.3 Å². The number of nitrogens with zero attached hydrogens (tertiary/aromatic N) is 3. The molecule has 2 heterocycles. The average Bonchev–Trinajstić information content (AvgIpc) is 3.37. The van der Waals surface area contributed by atoms with Crippen LogP contribution in [0.2, 0.25) is 0 Å². The molecule has 0 aliphatic heterocycles. The lowest BCUT2D eigenvalue weighted by molar-refractivity contribution is 0.102. The van der Waals surface area contributed by atoms with Crippen LogP contribution < -0.4 is 10.0 Å². The van der Waals surface area contributed by atoms with Crippen LogP contribution in [0.5, 0.6) is 0 Å². The van der Waals surface area contributed by atoms with E-state index in [0.717, 1.165) is 17.0 Å². The molecule has 0 aliphatic rings. The van der Waals surface area contributed by atoms with Crippen molar-refractivity contribution in [2.45, 2.75) is 25.3 Å². The van der Waals surface area contributed by atoms with Gasteiger partial charge in [0.05, 0.1) is 17.1 Å². The summed E-state index contributed by atoms with van der Waals surface area (Å²) in [4.78, 5) is 16.7. The SMILES string of the molecule is Cc1cc(C)n(Cc2cccc(C(=O)Nc3ccc(S(=O)(=O)Nc4nccs4)cc3)c2)n1. The summed E-state index contributed by atoms with van der Waals surface area (Å²) >= 11 is 1.19. The summed E-state index contributed by atoms with van der Waals surface area (Å²) in [5.41, 5.74) is 3.96. The molecule has 2 N–H and O–H groups in total. The molecule has 0 saturated carbocycles. The first kappa shape index (κ1) is 21.7. The standard InChI is InChI=1S/C22H21N5O3S2/c1-15-12-16(2)27(25-15)14-17-4-3-5-18(13-17)21(28)24-19-6-8-20(9-7-19)32(29,30)26-22-23-10-11-31-22/h3-13H,14H2,1-2H3,(H,23,26)(H,24,28). The van der Waals surface area contributed by atoms with Crippen LogP contribution in [0.4, 0.5) is 10.8 Å². The van der Waals surface area contributed by atoms with E-state index in [9.17, 15) is 13.2 Å². The van der Waals surface area contributed by atoms with Gasteiger partial charge in [0.2, 0.25) is 0 Å². The number of nitrogens with one attached hydrogen (secondary N) is 2. The summed E-state index contributed by atoms with van der Waals surface area (Å²) in [5.74, 6) is -0.281. The summed E-state index contributed by atoms with van der Waals surface area (Å²) in [6.45, 7) is 4.51. The minimum Gasteiger partial charge on any atom is -0.322 e. The molecule has 8 nitrogen and oxygen atoms in total. The molecule has 32 heavy (non-hydrogen) atoms. The highest BCUT2D eigenvalue weighted by Crippen LogP contribution is 2.20. The number of hydrogen-bond donors (Lipinski definition) is 2. The third-order valence-electron chi connectivity index (χ3n) is 4.70. The van der Waals surface area contributed by atoms with Gasteiger partial charge in [-0.3, -0.25) is 14.2 Å². The van der Waals surface area contributed by atoms with Crippen molar-refractivity contribution in [1.82, 2.24) is 14.8 Å². The predicted octanol–water partition coefficient (Wildman–Crippen LogP) is 4.06. The second kappa shape index (κ2) is 8.93. The first-order chi connectivity index (χ1) is 15.3. The van der Waals surface area contributed by atoms with Gasteiger partial charge in [-0.25, -0.2) is 13.4 Å². The molecule has 0 unspecified atom stereocenters. The van der Waals surface area contributed by atoms with Gasteiger partial charge in [0, 0.05) is 28.5 Å². The number of carbonyl (C=O) groups excluding carboxylic acids is 1. The van der Waals surface area contributed by atoms with Gasteiger partial charge in [0.25, 0.3) is 15.9 Å². The van der Waals surface area contributed by atoms with Gasteiger partial charge in [-0.2, -0.15) is 5.10 Å². The van der Waals surface area contributed by atoms with Crippen LogP contribution in [0.25, 0.3) is 0 Å². The summed E-state index contributed by atoms with van der Waals surface area (Å²) in [5, 5.41) is 9.24. The van der Waals surface area contributed by atoms with Crippen LogP contribution in [0.15, 0.2) is 71.1 Å². The van der Waals surface area contributed by atoms with E-state index in [2.05, 4.69) is 20.1 Å². The zero-order valence-electron chi connectivity index (χ0n) is 17.4. The molecule has 0 spiro atoms. The lowest BCUT2D eigenvalue weighted by atomic mass is 10.1. The monoisotopic (exact) mass is 467 g/mol. The van der Waals surface area contributed by atoms with E-state index < -0.39 is 10.0 Å². The number of sulfonamides is 1. The highest BCUT2D eigenvalue weighted by Gasteiger charge is 2.16. The Morgan fingerprint density at radius 1 is 1.09 bits per heavy atom. The van der Waals surface area contributed by atoms with Crippen molar-refractivity contribution in [2.24, 2.45) is 0 Å². The summed E-state index contributed by atoms with van der Waals surface area (Å²) in [6, 6.07) is 15.3. The van der Waals surface area contributed by atoms with Crippen molar-refractivity contribution in [2.75, 3.05) is 10.0 Å². The van der Waals surface area contributed by atoms with Gasteiger partial charge in [0.15, 0.2) is 5.13 Å². The van der Waals surface area contributed by atoms with Crippen molar-refractivity contribution in [3.63, 3.8) is 0 Å². The van der Waals surface area contributed by atoms with E-state index in [-0.39, 0.29) is 10.8 Å². The van der Waals surface area contributed by atoms with Crippen molar-refractivity contribution in [3.8, 4) is 0 Å². The minimum atomic E-state index is -3.74. The maximum absolute atomic E-state index is 12.7. The van der Waals surface area contributed by atoms with Gasteiger partial charge in [-0.05, 0) is 61.9 Å². The highest BCUT2D eigenvalue weighted by atomic mass is 32.2. The number of rotatable bonds is 7. The Balaban J connectivity index is 1.44. The Hall–Kier alpha value is -3.50. The fourth-order valence-electron chi connectivity index (χ4n) is 3.19. The maximum atomic E-state index is 12.7.